The van der Waals surface area contributed by atoms with Crippen LogP contribution in [0.15, 0.2) is 59.6 Å². The molecule has 2 aromatic carbocycles. The topological polar surface area (TPSA) is 45.7 Å². The molecule has 0 aliphatic heterocycles. The van der Waals surface area contributed by atoms with Crippen molar-refractivity contribution in [1.82, 2.24) is 10.6 Å². The number of nitrogens with zero attached hydrogens (tertiary/aromatic N) is 1. The molecule has 0 amide bonds. The number of aliphatic imine (C=N–C) groups is 1. The molecule has 0 spiro atoms. The Balaban J connectivity index is 0.00000364. The Bertz CT molecular complexity index is 692. The summed E-state index contributed by atoms with van der Waals surface area (Å²) >= 11 is 0. The molecule has 0 atom stereocenters. The van der Waals surface area contributed by atoms with E-state index in [0.29, 0.717) is 19.1 Å². The second-order valence-corrected chi connectivity index (χ2v) is 5.64. The molecule has 0 radical (unpaired) electrons. The van der Waals surface area contributed by atoms with E-state index in [1.807, 2.05) is 54.6 Å². The zero-order chi connectivity index (χ0) is 18.8. The van der Waals surface area contributed by atoms with Crippen LogP contribution in [0.1, 0.15) is 17.5 Å². The number of benzene rings is 2. The molecule has 0 aliphatic rings. The van der Waals surface area contributed by atoms with E-state index in [4.69, 9.17) is 4.74 Å². The van der Waals surface area contributed by atoms with Gasteiger partial charge in [0.2, 0.25) is 0 Å². The second kappa shape index (κ2) is 11.7. The molecule has 2 N–H and O–H groups in total. The van der Waals surface area contributed by atoms with Gasteiger partial charge in [-0.25, -0.2) is 0 Å². The highest BCUT2D eigenvalue weighted by molar-refractivity contribution is 14.0. The molecule has 0 fully saturated rings. The zero-order valence-corrected chi connectivity index (χ0v) is 17.3. The van der Waals surface area contributed by atoms with E-state index in [1.165, 1.54) is 7.05 Å². The Morgan fingerprint density at radius 2 is 1.59 bits per heavy atom. The van der Waals surface area contributed by atoms with Gasteiger partial charge in [0.1, 0.15) is 12.4 Å². The predicted octanol–water partition coefficient (Wildman–Crippen LogP) is 4.50. The SMILES string of the molecule is CN=C(NCCC(F)(F)F)NCc1ccc(COc2ccccc2)cc1.I. The van der Waals surface area contributed by atoms with Crippen LogP contribution in [-0.2, 0) is 13.2 Å². The van der Waals surface area contributed by atoms with Gasteiger partial charge in [0.05, 0.1) is 6.42 Å². The second-order valence-electron chi connectivity index (χ2n) is 5.64. The fourth-order valence-electron chi connectivity index (χ4n) is 2.17. The van der Waals surface area contributed by atoms with E-state index < -0.39 is 12.6 Å². The minimum absolute atomic E-state index is 0. The number of rotatable bonds is 7. The molecular weight excluding hydrogens is 470 g/mol. The van der Waals surface area contributed by atoms with Gasteiger partial charge in [-0.2, -0.15) is 13.2 Å². The molecule has 2 rings (SSSR count). The summed E-state index contributed by atoms with van der Waals surface area (Å²) < 4.78 is 42.2. The number of ether oxygens (including phenoxy) is 1. The van der Waals surface area contributed by atoms with Crippen molar-refractivity contribution >= 4 is 29.9 Å². The Morgan fingerprint density at radius 3 is 2.19 bits per heavy atom. The average molecular weight is 493 g/mol. The number of halogens is 4. The Kier molecular flexibility index (Phi) is 9.98. The summed E-state index contributed by atoms with van der Waals surface area (Å²) in [5.41, 5.74) is 2.03. The summed E-state index contributed by atoms with van der Waals surface area (Å²) in [4.78, 5) is 3.91. The van der Waals surface area contributed by atoms with Crippen LogP contribution < -0.4 is 15.4 Å². The molecular formula is C19H23F3IN3O. The van der Waals surface area contributed by atoms with Gasteiger partial charge in [-0.3, -0.25) is 4.99 Å². The summed E-state index contributed by atoms with van der Waals surface area (Å²) in [5, 5.41) is 5.63. The van der Waals surface area contributed by atoms with Crippen molar-refractivity contribution in [2.45, 2.75) is 25.7 Å². The Hall–Kier alpha value is -1.97. The van der Waals surface area contributed by atoms with E-state index in [1.54, 1.807) is 0 Å². The third kappa shape index (κ3) is 9.50. The van der Waals surface area contributed by atoms with Crippen molar-refractivity contribution < 1.29 is 17.9 Å². The average Bonchev–Trinajstić information content (AvgIpc) is 2.63. The van der Waals surface area contributed by atoms with Crippen LogP contribution in [0.25, 0.3) is 0 Å². The third-order valence-corrected chi connectivity index (χ3v) is 3.56. The van der Waals surface area contributed by atoms with Crippen LogP contribution in [0, 0.1) is 0 Å². The van der Waals surface area contributed by atoms with Crippen LogP contribution in [-0.4, -0.2) is 25.7 Å². The summed E-state index contributed by atoms with van der Waals surface area (Å²) in [6.07, 6.45) is -5.08. The highest BCUT2D eigenvalue weighted by atomic mass is 127. The predicted molar refractivity (Wildman–Crippen MR) is 112 cm³/mol. The minimum atomic E-state index is -4.18. The molecule has 148 valence electrons. The molecule has 0 bridgehead atoms. The summed E-state index contributed by atoms with van der Waals surface area (Å²) in [7, 11) is 1.52. The first-order valence-corrected chi connectivity index (χ1v) is 8.23. The van der Waals surface area contributed by atoms with Gasteiger partial charge in [-0.1, -0.05) is 42.5 Å². The number of para-hydroxylation sites is 1. The molecule has 2 aromatic rings. The molecule has 27 heavy (non-hydrogen) atoms. The molecule has 0 saturated carbocycles. The van der Waals surface area contributed by atoms with Crippen molar-refractivity contribution in [2.24, 2.45) is 4.99 Å². The smallest absolute Gasteiger partial charge is 0.390 e. The van der Waals surface area contributed by atoms with Crippen molar-refractivity contribution in [3.63, 3.8) is 0 Å². The lowest BCUT2D eigenvalue weighted by Gasteiger charge is -2.13. The van der Waals surface area contributed by atoms with Gasteiger partial charge < -0.3 is 15.4 Å². The molecule has 0 aromatic heterocycles. The summed E-state index contributed by atoms with van der Waals surface area (Å²) in [6.45, 7) is 0.725. The van der Waals surface area contributed by atoms with Crippen LogP contribution >= 0.6 is 24.0 Å². The lowest BCUT2D eigenvalue weighted by atomic mass is 10.1. The maximum absolute atomic E-state index is 12.2. The third-order valence-electron chi connectivity index (χ3n) is 3.56. The number of nitrogens with one attached hydrogen (secondary N) is 2. The first-order chi connectivity index (χ1) is 12.5. The van der Waals surface area contributed by atoms with Gasteiger partial charge >= 0.3 is 6.18 Å². The maximum atomic E-state index is 12.2. The maximum Gasteiger partial charge on any atom is 0.390 e. The van der Waals surface area contributed by atoms with E-state index in [-0.39, 0.29) is 30.5 Å². The van der Waals surface area contributed by atoms with E-state index in [9.17, 15) is 13.2 Å². The van der Waals surface area contributed by atoms with Gasteiger partial charge in [0.15, 0.2) is 5.96 Å². The van der Waals surface area contributed by atoms with Gasteiger partial charge in [-0.05, 0) is 23.3 Å². The Morgan fingerprint density at radius 1 is 0.963 bits per heavy atom. The first kappa shape index (κ1) is 23.1. The largest absolute Gasteiger partial charge is 0.489 e. The van der Waals surface area contributed by atoms with Crippen LogP contribution in [0.3, 0.4) is 0 Å². The molecule has 4 nitrogen and oxygen atoms in total. The van der Waals surface area contributed by atoms with Crippen molar-refractivity contribution in [3.8, 4) is 5.75 Å². The molecule has 8 heteroatoms. The number of guanidine groups is 1. The fraction of sp³-hybridized carbons (Fsp3) is 0.316. The quantitative estimate of drug-likeness (QED) is 0.339. The number of alkyl halides is 3. The summed E-state index contributed by atoms with van der Waals surface area (Å²) in [6, 6.07) is 17.4. The van der Waals surface area contributed by atoms with E-state index >= 15 is 0 Å². The van der Waals surface area contributed by atoms with Gasteiger partial charge in [0, 0.05) is 20.1 Å². The lowest BCUT2D eigenvalue weighted by Crippen LogP contribution is -2.38. The molecule has 0 saturated heterocycles. The highest BCUT2D eigenvalue weighted by Crippen LogP contribution is 2.18. The van der Waals surface area contributed by atoms with Crippen molar-refractivity contribution in [1.29, 1.82) is 0 Å². The number of hydrogen-bond donors (Lipinski definition) is 2. The van der Waals surface area contributed by atoms with Gasteiger partial charge in [0.25, 0.3) is 0 Å². The first-order valence-electron chi connectivity index (χ1n) is 8.23. The molecule has 0 heterocycles. The monoisotopic (exact) mass is 493 g/mol. The van der Waals surface area contributed by atoms with Crippen molar-refractivity contribution in [2.75, 3.05) is 13.6 Å². The highest BCUT2D eigenvalue weighted by Gasteiger charge is 2.26. The van der Waals surface area contributed by atoms with Crippen molar-refractivity contribution in [3.05, 3.63) is 65.7 Å². The Labute approximate surface area is 174 Å². The summed E-state index contributed by atoms with van der Waals surface area (Å²) in [5.74, 6) is 1.15. The normalized spacial score (nSPS) is 11.5. The van der Waals surface area contributed by atoms with E-state index in [2.05, 4.69) is 15.6 Å². The minimum Gasteiger partial charge on any atom is -0.489 e. The number of hydrogen-bond acceptors (Lipinski definition) is 2. The lowest BCUT2D eigenvalue weighted by molar-refractivity contribution is -0.132. The van der Waals surface area contributed by atoms with Crippen LogP contribution in [0.4, 0.5) is 13.2 Å². The van der Waals surface area contributed by atoms with Crippen LogP contribution in [0.2, 0.25) is 0 Å². The fourth-order valence-corrected chi connectivity index (χ4v) is 2.17. The molecule has 0 aliphatic carbocycles. The zero-order valence-electron chi connectivity index (χ0n) is 14.9. The van der Waals surface area contributed by atoms with E-state index in [0.717, 1.165) is 16.9 Å². The van der Waals surface area contributed by atoms with Crippen LogP contribution in [0.5, 0.6) is 5.75 Å². The standard InChI is InChI=1S/C19H22F3N3O.HI/c1-23-18(24-12-11-19(20,21)22)25-13-15-7-9-16(10-8-15)14-26-17-5-3-2-4-6-17;/h2-10H,11-14H2,1H3,(H2,23,24,25);1H. The molecule has 0 unspecified atom stereocenters. The van der Waals surface area contributed by atoms with Gasteiger partial charge in [-0.15, -0.1) is 24.0 Å².